The van der Waals surface area contributed by atoms with Gasteiger partial charge in [-0.2, -0.15) is 0 Å². The molecule has 26 heavy (non-hydrogen) atoms. The Labute approximate surface area is 158 Å². The normalized spacial score (nSPS) is 16.0. The molecule has 1 N–H and O–H groups in total. The van der Waals surface area contributed by atoms with Gasteiger partial charge in [-0.1, -0.05) is 41.9 Å². The standard InChI is InChI=1S/C20H22ClNO4/c1-24-11-12-26-20-16(21)7-4-8-17(20)22-19(23)13-18-15-6-3-2-5-14(15)9-10-25-18/h2-8,18H,9-13H2,1H3,(H,22,23). The Morgan fingerprint density at radius 2 is 2.08 bits per heavy atom. The zero-order valence-electron chi connectivity index (χ0n) is 14.7. The minimum absolute atomic E-state index is 0.148. The van der Waals surface area contributed by atoms with Crippen molar-refractivity contribution >= 4 is 23.2 Å². The fraction of sp³-hybridized carbons (Fsp3) is 0.350. The van der Waals surface area contributed by atoms with E-state index < -0.39 is 0 Å². The molecule has 1 unspecified atom stereocenters. The average molecular weight is 376 g/mol. The molecule has 1 heterocycles. The summed E-state index contributed by atoms with van der Waals surface area (Å²) in [5.41, 5.74) is 2.86. The molecule has 0 fully saturated rings. The molecule has 3 rings (SSSR count). The van der Waals surface area contributed by atoms with Crippen LogP contribution in [0.1, 0.15) is 23.7 Å². The van der Waals surface area contributed by atoms with Gasteiger partial charge >= 0.3 is 0 Å². The molecule has 0 radical (unpaired) electrons. The molecule has 6 heteroatoms. The number of amides is 1. The minimum atomic E-state index is -0.239. The van der Waals surface area contributed by atoms with Crippen molar-refractivity contribution in [3.63, 3.8) is 0 Å². The maximum absolute atomic E-state index is 12.6. The lowest BCUT2D eigenvalue weighted by Gasteiger charge is -2.25. The summed E-state index contributed by atoms with van der Waals surface area (Å²) < 4.78 is 16.5. The number of nitrogens with one attached hydrogen (secondary N) is 1. The van der Waals surface area contributed by atoms with Gasteiger partial charge in [-0.05, 0) is 29.7 Å². The van der Waals surface area contributed by atoms with Crippen molar-refractivity contribution in [1.82, 2.24) is 0 Å². The van der Waals surface area contributed by atoms with Crippen LogP contribution in [0.25, 0.3) is 0 Å². The van der Waals surface area contributed by atoms with Gasteiger partial charge in [0.05, 0.1) is 36.4 Å². The van der Waals surface area contributed by atoms with Crippen LogP contribution in [-0.2, 0) is 20.7 Å². The third kappa shape index (κ3) is 4.55. The first kappa shape index (κ1) is 18.7. The van der Waals surface area contributed by atoms with Gasteiger partial charge < -0.3 is 19.5 Å². The molecule has 138 valence electrons. The van der Waals surface area contributed by atoms with Gasteiger partial charge in [0.15, 0.2) is 5.75 Å². The quantitative estimate of drug-likeness (QED) is 0.743. The van der Waals surface area contributed by atoms with Crippen molar-refractivity contribution in [2.75, 3.05) is 32.2 Å². The van der Waals surface area contributed by atoms with Gasteiger partial charge in [0.1, 0.15) is 6.61 Å². The third-order valence-corrected chi connectivity index (χ3v) is 4.54. The number of methoxy groups -OCH3 is 1. The number of benzene rings is 2. The second kappa shape index (κ2) is 9.03. The van der Waals surface area contributed by atoms with Crippen molar-refractivity contribution in [2.45, 2.75) is 18.9 Å². The molecule has 0 saturated carbocycles. The lowest BCUT2D eigenvalue weighted by molar-refractivity contribution is -0.119. The molecular formula is C20H22ClNO4. The number of hydrogen-bond donors (Lipinski definition) is 1. The molecule has 1 aliphatic rings. The summed E-state index contributed by atoms with van der Waals surface area (Å²) in [5, 5.41) is 3.33. The van der Waals surface area contributed by atoms with Crippen LogP contribution < -0.4 is 10.1 Å². The number of para-hydroxylation sites is 1. The molecule has 0 aliphatic carbocycles. The zero-order valence-corrected chi connectivity index (χ0v) is 15.4. The molecule has 1 atom stereocenters. The van der Waals surface area contributed by atoms with E-state index in [1.165, 1.54) is 5.56 Å². The van der Waals surface area contributed by atoms with Crippen molar-refractivity contribution in [3.8, 4) is 5.75 Å². The first-order valence-electron chi connectivity index (χ1n) is 8.58. The maximum atomic E-state index is 12.6. The largest absolute Gasteiger partial charge is 0.487 e. The third-order valence-electron chi connectivity index (χ3n) is 4.24. The van der Waals surface area contributed by atoms with Crippen LogP contribution in [0.3, 0.4) is 0 Å². The van der Waals surface area contributed by atoms with Gasteiger partial charge in [-0.15, -0.1) is 0 Å². The van der Waals surface area contributed by atoms with E-state index in [9.17, 15) is 4.79 Å². The van der Waals surface area contributed by atoms with Crippen LogP contribution in [0, 0.1) is 0 Å². The lowest BCUT2D eigenvalue weighted by Crippen LogP contribution is -2.22. The maximum Gasteiger partial charge on any atom is 0.227 e. The van der Waals surface area contributed by atoms with E-state index in [4.69, 9.17) is 25.8 Å². The number of fused-ring (bicyclic) bond motifs is 1. The van der Waals surface area contributed by atoms with Crippen LogP contribution >= 0.6 is 11.6 Å². The minimum Gasteiger partial charge on any atom is -0.487 e. The van der Waals surface area contributed by atoms with Crippen molar-refractivity contribution in [3.05, 3.63) is 58.6 Å². The van der Waals surface area contributed by atoms with Gasteiger partial charge in [0.2, 0.25) is 5.91 Å². The Bertz CT molecular complexity index is 765. The van der Waals surface area contributed by atoms with Crippen molar-refractivity contribution in [2.24, 2.45) is 0 Å². The second-order valence-corrected chi connectivity index (χ2v) is 6.43. The fourth-order valence-corrected chi connectivity index (χ4v) is 3.23. The predicted molar refractivity (Wildman–Crippen MR) is 101 cm³/mol. The number of anilines is 1. The molecule has 0 bridgehead atoms. The predicted octanol–water partition coefficient (Wildman–Crippen LogP) is 4.01. The van der Waals surface area contributed by atoms with Gasteiger partial charge in [-0.25, -0.2) is 0 Å². The second-order valence-electron chi connectivity index (χ2n) is 6.02. The smallest absolute Gasteiger partial charge is 0.227 e. The van der Waals surface area contributed by atoms with Gasteiger partial charge in [0.25, 0.3) is 0 Å². The molecule has 5 nitrogen and oxygen atoms in total. The number of rotatable bonds is 7. The van der Waals surface area contributed by atoms with Gasteiger partial charge in [-0.3, -0.25) is 4.79 Å². The molecular weight excluding hydrogens is 354 g/mol. The summed E-state index contributed by atoms with van der Waals surface area (Å²) in [6.07, 6.45) is 0.873. The molecule has 0 saturated heterocycles. The summed E-state index contributed by atoms with van der Waals surface area (Å²) in [5.74, 6) is 0.301. The molecule has 1 amide bonds. The molecule has 1 aliphatic heterocycles. The number of carbonyl (C=O) groups is 1. The molecule has 2 aromatic rings. The summed E-state index contributed by atoms with van der Waals surface area (Å²) in [6, 6.07) is 13.3. The summed E-state index contributed by atoms with van der Waals surface area (Å²) >= 11 is 6.21. The molecule has 2 aromatic carbocycles. The van der Waals surface area contributed by atoms with E-state index in [0.717, 1.165) is 12.0 Å². The Morgan fingerprint density at radius 1 is 1.23 bits per heavy atom. The Balaban J connectivity index is 1.68. The van der Waals surface area contributed by atoms with E-state index in [2.05, 4.69) is 11.4 Å². The highest BCUT2D eigenvalue weighted by molar-refractivity contribution is 6.32. The highest BCUT2D eigenvalue weighted by Crippen LogP contribution is 2.34. The highest BCUT2D eigenvalue weighted by Gasteiger charge is 2.23. The van der Waals surface area contributed by atoms with Crippen molar-refractivity contribution < 1.29 is 19.0 Å². The summed E-state index contributed by atoms with van der Waals surface area (Å²) in [4.78, 5) is 12.6. The Hall–Kier alpha value is -2.08. The Kier molecular flexibility index (Phi) is 6.50. The molecule has 0 spiro atoms. The lowest BCUT2D eigenvalue weighted by atomic mass is 9.95. The fourth-order valence-electron chi connectivity index (χ4n) is 3.00. The monoisotopic (exact) mass is 375 g/mol. The molecule has 0 aromatic heterocycles. The number of ether oxygens (including phenoxy) is 3. The topological polar surface area (TPSA) is 56.8 Å². The number of carbonyl (C=O) groups excluding carboxylic acids is 1. The van der Waals surface area contributed by atoms with E-state index >= 15 is 0 Å². The van der Waals surface area contributed by atoms with Crippen LogP contribution in [0.5, 0.6) is 5.75 Å². The number of halogens is 1. The van der Waals surface area contributed by atoms with Crippen LogP contribution in [0.2, 0.25) is 5.02 Å². The first-order chi connectivity index (χ1) is 12.7. The Morgan fingerprint density at radius 3 is 2.92 bits per heavy atom. The summed E-state index contributed by atoms with van der Waals surface area (Å²) in [7, 11) is 1.60. The number of hydrogen-bond acceptors (Lipinski definition) is 4. The zero-order chi connectivity index (χ0) is 18.4. The van der Waals surface area contributed by atoms with Crippen LogP contribution in [-0.4, -0.2) is 32.8 Å². The van der Waals surface area contributed by atoms with Gasteiger partial charge in [0, 0.05) is 7.11 Å². The SMILES string of the molecule is COCCOc1c(Cl)cccc1NC(=O)CC1OCCc2ccccc21. The average Bonchev–Trinajstić information content (AvgIpc) is 2.64. The highest BCUT2D eigenvalue weighted by atomic mass is 35.5. The van der Waals surface area contributed by atoms with E-state index in [1.54, 1.807) is 25.3 Å². The van der Waals surface area contributed by atoms with Crippen LogP contribution in [0.4, 0.5) is 5.69 Å². The van der Waals surface area contributed by atoms with Crippen molar-refractivity contribution in [1.29, 1.82) is 0 Å². The summed E-state index contributed by atoms with van der Waals surface area (Å²) in [6.45, 7) is 1.41. The first-order valence-corrected chi connectivity index (χ1v) is 8.96. The van der Waals surface area contributed by atoms with E-state index in [0.29, 0.717) is 36.3 Å². The van der Waals surface area contributed by atoms with Crippen LogP contribution in [0.15, 0.2) is 42.5 Å². The van der Waals surface area contributed by atoms with E-state index in [1.807, 2.05) is 18.2 Å². The van der Waals surface area contributed by atoms with E-state index in [-0.39, 0.29) is 18.4 Å².